The molecule has 1 unspecified atom stereocenters. The van der Waals surface area contributed by atoms with E-state index in [0.717, 1.165) is 11.3 Å². The first-order chi connectivity index (χ1) is 10.7. The number of carbonyl (C=O) groups is 2. The van der Waals surface area contributed by atoms with Gasteiger partial charge in [0.2, 0.25) is 5.91 Å². The number of hydrogen-bond acceptors (Lipinski definition) is 4. The van der Waals surface area contributed by atoms with E-state index in [2.05, 4.69) is 5.32 Å². The third kappa shape index (κ3) is 5.44. The Balaban J connectivity index is 1.83. The van der Waals surface area contributed by atoms with Crippen LogP contribution in [0.15, 0.2) is 17.5 Å². The van der Waals surface area contributed by atoms with E-state index in [1.165, 1.54) is 39.2 Å². The van der Waals surface area contributed by atoms with Gasteiger partial charge in [0.1, 0.15) is 0 Å². The first kappa shape index (κ1) is 17.0. The Morgan fingerprint density at radius 2 is 2.14 bits per heavy atom. The average molecular weight is 323 g/mol. The molecule has 1 heterocycles. The Kier molecular flexibility index (Phi) is 6.90. The fourth-order valence-corrected chi connectivity index (χ4v) is 3.82. The molecule has 122 valence electrons. The second-order valence-corrected chi connectivity index (χ2v) is 6.94. The van der Waals surface area contributed by atoms with Crippen molar-refractivity contribution in [2.75, 3.05) is 7.11 Å². The third-order valence-corrected chi connectivity index (χ3v) is 5.31. The van der Waals surface area contributed by atoms with E-state index in [-0.39, 0.29) is 24.3 Å². The summed E-state index contributed by atoms with van der Waals surface area (Å²) in [5.41, 5.74) is 0. The summed E-state index contributed by atoms with van der Waals surface area (Å²) in [4.78, 5) is 24.7. The Bertz CT molecular complexity index is 466. The molecule has 0 spiro atoms. The van der Waals surface area contributed by atoms with Gasteiger partial charge in [-0.05, 0) is 23.8 Å². The lowest BCUT2D eigenvalue weighted by atomic mass is 9.86. The molecule has 1 N–H and O–H groups in total. The molecule has 1 aromatic rings. The molecule has 0 radical (unpaired) electrons. The van der Waals surface area contributed by atoms with Crippen LogP contribution in [-0.2, 0) is 14.3 Å². The van der Waals surface area contributed by atoms with Crippen molar-refractivity contribution in [3.8, 4) is 0 Å². The Hall–Kier alpha value is -1.36. The van der Waals surface area contributed by atoms with Gasteiger partial charge in [0.05, 0.1) is 19.6 Å². The largest absolute Gasteiger partial charge is 0.469 e. The lowest BCUT2D eigenvalue weighted by Crippen LogP contribution is -2.30. The number of ether oxygens (including phenoxy) is 1. The van der Waals surface area contributed by atoms with Crippen molar-refractivity contribution in [3.05, 3.63) is 22.4 Å². The lowest BCUT2D eigenvalue weighted by molar-refractivity contribution is -0.141. The van der Waals surface area contributed by atoms with Crippen LogP contribution in [0.1, 0.15) is 62.3 Å². The first-order valence-corrected chi connectivity index (χ1v) is 8.96. The summed E-state index contributed by atoms with van der Waals surface area (Å²) in [7, 11) is 1.37. The molecule has 0 aromatic carbocycles. The van der Waals surface area contributed by atoms with Crippen molar-refractivity contribution in [2.24, 2.45) is 5.92 Å². The number of carbonyl (C=O) groups excluding carboxylic acids is 2. The summed E-state index contributed by atoms with van der Waals surface area (Å²) in [5, 5.41) is 4.95. The number of esters is 1. The van der Waals surface area contributed by atoms with Gasteiger partial charge in [-0.3, -0.25) is 9.59 Å². The molecule has 0 bridgehead atoms. The highest BCUT2D eigenvalue weighted by atomic mass is 32.1. The van der Waals surface area contributed by atoms with E-state index >= 15 is 0 Å². The standard InChI is InChI=1S/C17H25NO3S/c1-21-17(20)12-14(15-8-5-11-22-15)18-16(19)10-9-13-6-3-2-4-7-13/h5,8,11,13-14H,2-4,6-7,9-10,12H2,1H3,(H,18,19). The van der Waals surface area contributed by atoms with Crippen LogP contribution in [0.3, 0.4) is 0 Å². The Morgan fingerprint density at radius 3 is 2.77 bits per heavy atom. The molecule has 1 aromatic heterocycles. The highest BCUT2D eigenvalue weighted by molar-refractivity contribution is 7.10. The summed E-state index contributed by atoms with van der Waals surface area (Å²) in [6.07, 6.45) is 8.13. The summed E-state index contributed by atoms with van der Waals surface area (Å²) >= 11 is 1.55. The van der Waals surface area contributed by atoms with Crippen LogP contribution in [0, 0.1) is 5.92 Å². The lowest BCUT2D eigenvalue weighted by Gasteiger charge is -2.22. The van der Waals surface area contributed by atoms with Gasteiger partial charge in [0.15, 0.2) is 0 Å². The van der Waals surface area contributed by atoms with E-state index in [9.17, 15) is 9.59 Å². The molecule has 5 heteroatoms. The third-order valence-electron chi connectivity index (χ3n) is 4.32. The highest BCUT2D eigenvalue weighted by Crippen LogP contribution is 2.28. The molecule has 1 fully saturated rings. The molecular formula is C17H25NO3S. The van der Waals surface area contributed by atoms with Gasteiger partial charge < -0.3 is 10.1 Å². The van der Waals surface area contributed by atoms with Gasteiger partial charge in [0, 0.05) is 11.3 Å². The topological polar surface area (TPSA) is 55.4 Å². The molecule has 22 heavy (non-hydrogen) atoms. The van der Waals surface area contributed by atoms with Gasteiger partial charge in [-0.15, -0.1) is 11.3 Å². The van der Waals surface area contributed by atoms with E-state index in [1.54, 1.807) is 11.3 Å². The van der Waals surface area contributed by atoms with E-state index in [0.29, 0.717) is 12.3 Å². The molecule has 0 saturated heterocycles. The van der Waals surface area contributed by atoms with Crippen LogP contribution in [0.5, 0.6) is 0 Å². The minimum absolute atomic E-state index is 0.0351. The molecule has 1 saturated carbocycles. The monoisotopic (exact) mass is 323 g/mol. The van der Waals surface area contributed by atoms with Crippen LogP contribution in [0.2, 0.25) is 0 Å². The number of rotatable bonds is 7. The van der Waals surface area contributed by atoms with E-state index in [4.69, 9.17) is 4.74 Å². The molecule has 1 aliphatic rings. The number of amides is 1. The van der Waals surface area contributed by atoms with Gasteiger partial charge in [0.25, 0.3) is 0 Å². The number of hydrogen-bond donors (Lipinski definition) is 1. The van der Waals surface area contributed by atoms with Crippen LogP contribution in [-0.4, -0.2) is 19.0 Å². The highest BCUT2D eigenvalue weighted by Gasteiger charge is 2.21. The van der Waals surface area contributed by atoms with Crippen LogP contribution in [0.4, 0.5) is 0 Å². The van der Waals surface area contributed by atoms with Gasteiger partial charge >= 0.3 is 5.97 Å². The smallest absolute Gasteiger partial charge is 0.307 e. The zero-order valence-electron chi connectivity index (χ0n) is 13.2. The maximum absolute atomic E-state index is 12.2. The molecular weight excluding hydrogens is 298 g/mol. The zero-order chi connectivity index (χ0) is 15.8. The normalized spacial score (nSPS) is 17.0. The van der Waals surface area contributed by atoms with Crippen LogP contribution < -0.4 is 5.32 Å². The van der Waals surface area contributed by atoms with Crippen molar-refractivity contribution < 1.29 is 14.3 Å². The minimum Gasteiger partial charge on any atom is -0.469 e. The molecule has 1 atom stereocenters. The van der Waals surface area contributed by atoms with Crippen molar-refractivity contribution in [1.29, 1.82) is 0 Å². The zero-order valence-corrected chi connectivity index (χ0v) is 14.0. The second-order valence-electron chi connectivity index (χ2n) is 5.96. The summed E-state index contributed by atoms with van der Waals surface area (Å²) in [6.45, 7) is 0. The van der Waals surface area contributed by atoms with Crippen LogP contribution >= 0.6 is 11.3 Å². The SMILES string of the molecule is COC(=O)CC(NC(=O)CCC1CCCCC1)c1cccs1. The number of nitrogens with one attached hydrogen (secondary N) is 1. The first-order valence-electron chi connectivity index (χ1n) is 8.08. The van der Waals surface area contributed by atoms with Crippen molar-refractivity contribution in [1.82, 2.24) is 5.32 Å². The maximum atomic E-state index is 12.2. The molecule has 1 amide bonds. The molecule has 2 rings (SSSR count). The summed E-state index contributed by atoms with van der Waals surface area (Å²) < 4.78 is 4.73. The van der Waals surface area contributed by atoms with Crippen molar-refractivity contribution >= 4 is 23.2 Å². The van der Waals surface area contributed by atoms with E-state index in [1.807, 2.05) is 17.5 Å². The minimum atomic E-state index is -0.300. The van der Waals surface area contributed by atoms with E-state index < -0.39 is 0 Å². The Labute approximate surface area is 136 Å². The quantitative estimate of drug-likeness (QED) is 0.776. The fourth-order valence-electron chi connectivity index (χ4n) is 3.04. The predicted molar refractivity (Wildman–Crippen MR) is 87.6 cm³/mol. The average Bonchev–Trinajstić information content (AvgIpc) is 3.07. The Morgan fingerprint density at radius 1 is 1.36 bits per heavy atom. The summed E-state index contributed by atoms with van der Waals surface area (Å²) in [5.74, 6) is 0.430. The summed E-state index contributed by atoms with van der Waals surface area (Å²) in [6, 6.07) is 3.60. The predicted octanol–water partition coefficient (Wildman–Crippen LogP) is 3.83. The fraction of sp³-hybridized carbons (Fsp3) is 0.647. The number of thiophene rings is 1. The number of methoxy groups -OCH3 is 1. The van der Waals surface area contributed by atoms with Crippen molar-refractivity contribution in [3.63, 3.8) is 0 Å². The van der Waals surface area contributed by atoms with Gasteiger partial charge in [-0.1, -0.05) is 38.2 Å². The van der Waals surface area contributed by atoms with Crippen molar-refractivity contribution in [2.45, 2.75) is 57.4 Å². The molecule has 0 aliphatic heterocycles. The molecule has 1 aliphatic carbocycles. The maximum Gasteiger partial charge on any atom is 0.307 e. The van der Waals surface area contributed by atoms with Gasteiger partial charge in [-0.25, -0.2) is 0 Å². The second kappa shape index (κ2) is 8.93. The molecule has 4 nitrogen and oxygen atoms in total. The van der Waals surface area contributed by atoms with Crippen LogP contribution in [0.25, 0.3) is 0 Å². The van der Waals surface area contributed by atoms with Gasteiger partial charge in [-0.2, -0.15) is 0 Å².